The molecule has 76 valence electrons. The molecule has 14 heavy (non-hydrogen) atoms. The summed E-state index contributed by atoms with van der Waals surface area (Å²) in [5.74, 6) is -0.339. The number of ether oxygens (including phenoxy) is 1. The van der Waals surface area contributed by atoms with Crippen LogP contribution in [0.3, 0.4) is 0 Å². The Balaban J connectivity index is 3.32. The maximum absolute atomic E-state index is 11.4. The van der Waals surface area contributed by atoms with Crippen molar-refractivity contribution in [2.45, 2.75) is 13.3 Å². The zero-order chi connectivity index (χ0) is 10.7. The molecule has 3 nitrogen and oxygen atoms in total. The number of hydrogen-bond donors (Lipinski definition) is 1. The molecule has 0 radical (unpaired) electrons. The Morgan fingerprint density at radius 3 is 2.71 bits per heavy atom. The van der Waals surface area contributed by atoms with Gasteiger partial charge in [0.25, 0.3) is 0 Å². The fraction of sp³-hybridized carbons (Fsp3) is 0.300. The summed E-state index contributed by atoms with van der Waals surface area (Å²) >= 11 is 3.30. The monoisotopic (exact) mass is 257 g/mol. The van der Waals surface area contributed by atoms with Crippen molar-refractivity contribution in [1.82, 2.24) is 0 Å². The van der Waals surface area contributed by atoms with Gasteiger partial charge in [0.1, 0.15) is 0 Å². The molecule has 0 amide bonds. The van der Waals surface area contributed by atoms with Crippen LogP contribution in [-0.4, -0.2) is 13.1 Å². The number of halogens is 1. The van der Waals surface area contributed by atoms with Crippen molar-refractivity contribution in [2.24, 2.45) is 0 Å². The van der Waals surface area contributed by atoms with E-state index in [9.17, 15) is 4.79 Å². The van der Waals surface area contributed by atoms with Gasteiger partial charge in [-0.2, -0.15) is 0 Å². The maximum atomic E-state index is 11.4. The van der Waals surface area contributed by atoms with Crippen molar-refractivity contribution >= 4 is 27.6 Å². The topological polar surface area (TPSA) is 52.3 Å². The summed E-state index contributed by atoms with van der Waals surface area (Å²) in [6.45, 7) is 1.97. The van der Waals surface area contributed by atoms with Crippen LogP contribution in [0.4, 0.5) is 5.69 Å². The zero-order valence-electron chi connectivity index (χ0n) is 8.13. The lowest BCUT2D eigenvalue weighted by Gasteiger charge is -2.09. The first kappa shape index (κ1) is 11.0. The average molecular weight is 258 g/mol. The summed E-state index contributed by atoms with van der Waals surface area (Å²) in [4.78, 5) is 11.4. The number of carbonyl (C=O) groups is 1. The Kier molecular flexibility index (Phi) is 3.52. The summed E-state index contributed by atoms with van der Waals surface area (Å²) in [7, 11) is 1.37. The SMILES string of the molecule is CCc1cc(N)cc(Br)c1C(=O)OC. The Bertz CT molecular complexity index is 363. The normalized spacial score (nSPS) is 9.93. The van der Waals surface area contributed by atoms with Crippen LogP contribution >= 0.6 is 15.9 Å². The van der Waals surface area contributed by atoms with E-state index in [4.69, 9.17) is 5.73 Å². The van der Waals surface area contributed by atoms with E-state index in [1.807, 2.05) is 6.92 Å². The van der Waals surface area contributed by atoms with Crippen LogP contribution in [0, 0.1) is 0 Å². The van der Waals surface area contributed by atoms with Crippen LogP contribution in [0.15, 0.2) is 16.6 Å². The molecule has 0 saturated heterocycles. The van der Waals surface area contributed by atoms with Gasteiger partial charge >= 0.3 is 5.97 Å². The molecule has 0 aliphatic carbocycles. The van der Waals surface area contributed by atoms with E-state index in [0.29, 0.717) is 15.7 Å². The van der Waals surface area contributed by atoms with Gasteiger partial charge in [-0.3, -0.25) is 0 Å². The van der Waals surface area contributed by atoms with Gasteiger partial charge in [-0.25, -0.2) is 4.79 Å². The second kappa shape index (κ2) is 4.46. The van der Waals surface area contributed by atoms with E-state index < -0.39 is 0 Å². The van der Waals surface area contributed by atoms with Gasteiger partial charge in [-0.15, -0.1) is 0 Å². The minimum atomic E-state index is -0.339. The predicted molar refractivity (Wildman–Crippen MR) is 59.3 cm³/mol. The summed E-state index contributed by atoms with van der Waals surface area (Å²) in [6, 6.07) is 3.49. The molecule has 0 atom stereocenters. The lowest BCUT2D eigenvalue weighted by molar-refractivity contribution is 0.0598. The first-order chi connectivity index (χ1) is 6.60. The van der Waals surface area contributed by atoms with Gasteiger partial charge in [0.05, 0.1) is 12.7 Å². The van der Waals surface area contributed by atoms with E-state index >= 15 is 0 Å². The third-order valence-electron chi connectivity index (χ3n) is 1.96. The third-order valence-corrected chi connectivity index (χ3v) is 2.59. The van der Waals surface area contributed by atoms with Crippen LogP contribution in [0.25, 0.3) is 0 Å². The Morgan fingerprint density at radius 1 is 1.57 bits per heavy atom. The number of esters is 1. The molecule has 0 aliphatic heterocycles. The second-order valence-corrected chi connectivity index (χ2v) is 3.74. The smallest absolute Gasteiger partial charge is 0.339 e. The highest BCUT2D eigenvalue weighted by molar-refractivity contribution is 9.10. The zero-order valence-corrected chi connectivity index (χ0v) is 9.72. The number of methoxy groups -OCH3 is 1. The van der Waals surface area contributed by atoms with Crippen LogP contribution in [0.5, 0.6) is 0 Å². The van der Waals surface area contributed by atoms with Gasteiger partial charge in [0.2, 0.25) is 0 Å². The molecule has 2 N–H and O–H groups in total. The number of aryl methyl sites for hydroxylation is 1. The number of nitrogen functional groups attached to an aromatic ring is 1. The Morgan fingerprint density at radius 2 is 2.21 bits per heavy atom. The lowest BCUT2D eigenvalue weighted by Crippen LogP contribution is -2.07. The molecule has 0 saturated carbocycles. The van der Waals surface area contributed by atoms with E-state index in [1.165, 1.54) is 7.11 Å². The maximum Gasteiger partial charge on any atom is 0.339 e. The van der Waals surface area contributed by atoms with Crippen molar-refractivity contribution in [1.29, 1.82) is 0 Å². The number of rotatable bonds is 2. The highest BCUT2D eigenvalue weighted by Crippen LogP contribution is 2.25. The molecule has 1 aromatic carbocycles. The Labute approximate surface area is 91.4 Å². The third kappa shape index (κ3) is 2.07. The molecular formula is C10H12BrNO2. The number of nitrogens with two attached hydrogens (primary N) is 1. The van der Waals surface area contributed by atoms with Gasteiger partial charge in [-0.05, 0) is 40.0 Å². The highest BCUT2D eigenvalue weighted by atomic mass is 79.9. The van der Waals surface area contributed by atoms with Crippen molar-refractivity contribution < 1.29 is 9.53 Å². The predicted octanol–water partition coefficient (Wildman–Crippen LogP) is 2.38. The highest BCUT2D eigenvalue weighted by Gasteiger charge is 2.15. The fourth-order valence-corrected chi connectivity index (χ4v) is 1.98. The molecule has 0 aromatic heterocycles. The molecular weight excluding hydrogens is 246 g/mol. The van der Waals surface area contributed by atoms with Crippen molar-refractivity contribution in [3.8, 4) is 0 Å². The molecule has 0 unspecified atom stereocenters. The van der Waals surface area contributed by atoms with Crippen LogP contribution in [0.1, 0.15) is 22.8 Å². The molecule has 0 spiro atoms. The molecule has 0 fully saturated rings. The number of anilines is 1. The molecule has 1 aromatic rings. The number of carbonyl (C=O) groups excluding carboxylic acids is 1. The first-order valence-electron chi connectivity index (χ1n) is 4.26. The standard InChI is InChI=1S/C10H12BrNO2/c1-3-6-4-7(12)5-8(11)9(6)10(13)14-2/h4-5H,3,12H2,1-2H3. The molecule has 4 heteroatoms. The largest absolute Gasteiger partial charge is 0.465 e. The van der Waals surface area contributed by atoms with Gasteiger partial charge in [0.15, 0.2) is 0 Å². The molecule has 1 rings (SSSR count). The summed E-state index contributed by atoms with van der Waals surface area (Å²) in [5.41, 5.74) is 7.76. The van der Waals surface area contributed by atoms with Crippen molar-refractivity contribution in [3.05, 3.63) is 27.7 Å². The minimum absolute atomic E-state index is 0.339. The van der Waals surface area contributed by atoms with Crippen LogP contribution < -0.4 is 5.73 Å². The number of hydrogen-bond acceptors (Lipinski definition) is 3. The number of benzene rings is 1. The van der Waals surface area contributed by atoms with Crippen molar-refractivity contribution in [3.63, 3.8) is 0 Å². The average Bonchev–Trinajstić information content (AvgIpc) is 2.15. The van der Waals surface area contributed by atoms with E-state index in [2.05, 4.69) is 20.7 Å². The van der Waals surface area contributed by atoms with E-state index in [1.54, 1.807) is 12.1 Å². The summed E-state index contributed by atoms with van der Waals surface area (Å²) < 4.78 is 5.37. The van der Waals surface area contributed by atoms with Crippen LogP contribution in [-0.2, 0) is 11.2 Å². The lowest BCUT2D eigenvalue weighted by atomic mass is 10.0. The molecule has 0 bridgehead atoms. The minimum Gasteiger partial charge on any atom is -0.465 e. The Hall–Kier alpha value is -1.03. The van der Waals surface area contributed by atoms with Gasteiger partial charge in [-0.1, -0.05) is 6.92 Å². The van der Waals surface area contributed by atoms with E-state index in [0.717, 1.165) is 12.0 Å². The summed E-state index contributed by atoms with van der Waals surface area (Å²) in [5, 5.41) is 0. The van der Waals surface area contributed by atoms with Gasteiger partial charge in [0, 0.05) is 10.2 Å². The quantitative estimate of drug-likeness (QED) is 0.654. The second-order valence-electron chi connectivity index (χ2n) is 2.88. The fourth-order valence-electron chi connectivity index (χ4n) is 1.30. The molecule has 0 heterocycles. The summed E-state index contributed by atoms with van der Waals surface area (Å²) in [6.07, 6.45) is 0.744. The van der Waals surface area contributed by atoms with Crippen LogP contribution in [0.2, 0.25) is 0 Å². The van der Waals surface area contributed by atoms with Gasteiger partial charge < -0.3 is 10.5 Å². The first-order valence-corrected chi connectivity index (χ1v) is 5.05. The molecule has 0 aliphatic rings. The van der Waals surface area contributed by atoms with Crippen molar-refractivity contribution in [2.75, 3.05) is 12.8 Å². The van der Waals surface area contributed by atoms with E-state index in [-0.39, 0.29) is 5.97 Å².